The molecule has 1 saturated heterocycles. The van der Waals surface area contributed by atoms with Crippen molar-refractivity contribution in [3.05, 3.63) is 30.3 Å². The minimum Gasteiger partial charge on any atom is -0.481 e. The number of aromatic nitrogens is 1. The van der Waals surface area contributed by atoms with Gasteiger partial charge in [0.25, 0.3) is 0 Å². The summed E-state index contributed by atoms with van der Waals surface area (Å²) in [5.74, 6) is -1.17. The summed E-state index contributed by atoms with van der Waals surface area (Å²) in [6.07, 6.45) is 5.90. The van der Waals surface area contributed by atoms with Crippen molar-refractivity contribution in [3.8, 4) is 0 Å². The van der Waals surface area contributed by atoms with Gasteiger partial charge in [0, 0.05) is 35.8 Å². The van der Waals surface area contributed by atoms with Gasteiger partial charge in [0.2, 0.25) is 0 Å². The number of nitrogens with zero attached hydrogens (tertiary/aromatic N) is 1. The second-order valence-corrected chi connectivity index (χ2v) is 4.61. The molecule has 2 aromatic rings. The van der Waals surface area contributed by atoms with Crippen LogP contribution in [0.25, 0.3) is 11.0 Å². The number of fused-ring (bicyclic) bond motifs is 1. The Morgan fingerprint density at radius 3 is 3.28 bits per heavy atom. The summed E-state index contributed by atoms with van der Waals surface area (Å²) in [7, 11) is 0. The highest BCUT2D eigenvalue weighted by atomic mass is 16.4. The molecule has 2 aromatic heterocycles. The molecule has 0 aromatic carbocycles. The molecular formula is C13H14N2O3. The Balaban J connectivity index is 2.04. The van der Waals surface area contributed by atoms with E-state index in [0.29, 0.717) is 6.54 Å². The number of carbonyl (C=O) groups is 1. The molecule has 0 saturated carbocycles. The first-order valence-electron chi connectivity index (χ1n) is 6.02. The molecule has 3 heterocycles. The first-order chi connectivity index (χ1) is 8.77. The minimum absolute atomic E-state index is 0.00537. The topological polar surface area (TPSA) is 75.4 Å². The van der Waals surface area contributed by atoms with Crippen LogP contribution in [0.5, 0.6) is 0 Å². The maximum atomic E-state index is 11.3. The Labute approximate surface area is 104 Å². The third-order valence-electron chi connectivity index (χ3n) is 3.60. The minimum atomic E-state index is -0.759. The van der Waals surface area contributed by atoms with Crippen molar-refractivity contribution >= 4 is 16.9 Å². The summed E-state index contributed by atoms with van der Waals surface area (Å²) < 4.78 is 5.48. The van der Waals surface area contributed by atoms with Crippen molar-refractivity contribution in [2.75, 3.05) is 13.1 Å². The molecule has 2 unspecified atom stereocenters. The average molecular weight is 246 g/mol. The van der Waals surface area contributed by atoms with E-state index in [1.807, 2.05) is 0 Å². The summed E-state index contributed by atoms with van der Waals surface area (Å²) in [6.45, 7) is 1.34. The van der Waals surface area contributed by atoms with E-state index in [-0.39, 0.29) is 5.92 Å². The number of aliphatic carboxylic acids is 1. The summed E-state index contributed by atoms with van der Waals surface area (Å²) >= 11 is 0. The van der Waals surface area contributed by atoms with Crippen LogP contribution in [-0.2, 0) is 4.79 Å². The Morgan fingerprint density at radius 2 is 2.44 bits per heavy atom. The molecule has 5 nitrogen and oxygen atoms in total. The van der Waals surface area contributed by atoms with E-state index >= 15 is 0 Å². The van der Waals surface area contributed by atoms with Gasteiger partial charge in [-0.2, -0.15) is 0 Å². The third kappa shape index (κ3) is 1.76. The molecule has 2 atom stereocenters. The maximum absolute atomic E-state index is 11.3. The molecule has 0 radical (unpaired) electrons. The van der Waals surface area contributed by atoms with Gasteiger partial charge in [-0.05, 0) is 19.0 Å². The zero-order valence-corrected chi connectivity index (χ0v) is 9.80. The molecule has 94 valence electrons. The van der Waals surface area contributed by atoms with E-state index in [9.17, 15) is 9.90 Å². The van der Waals surface area contributed by atoms with Crippen molar-refractivity contribution < 1.29 is 14.3 Å². The Bertz CT molecular complexity index is 578. The fourth-order valence-corrected chi connectivity index (χ4v) is 2.67. The molecule has 1 aliphatic rings. The van der Waals surface area contributed by atoms with Crippen LogP contribution in [0.2, 0.25) is 0 Å². The number of pyridine rings is 1. The third-order valence-corrected chi connectivity index (χ3v) is 3.60. The second kappa shape index (κ2) is 4.42. The van der Waals surface area contributed by atoms with Crippen molar-refractivity contribution in [2.45, 2.75) is 12.3 Å². The van der Waals surface area contributed by atoms with Crippen LogP contribution >= 0.6 is 0 Å². The molecule has 2 N–H and O–H groups in total. The monoisotopic (exact) mass is 246 g/mol. The number of piperidine rings is 1. The number of hydrogen-bond donors (Lipinski definition) is 2. The fraction of sp³-hybridized carbons (Fsp3) is 0.385. The number of nitrogens with one attached hydrogen (secondary N) is 1. The van der Waals surface area contributed by atoms with Crippen LogP contribution in [-0.4, -0.2) is 29.1 Å². The molecule has 1 aliphatic heterocycles. The summed E-state index contributed by atoms with van der Waals surface area (Å²) in [5.41, 5.74) is 1.73. The van der Waals surface area contributed by atoms with Crippen LogP contribution in [0.1, 0.15) is 17.9 Å². The van der Waals surface area contributed by atoms with Gasteiger partial charge in [-0.1, -0.05) is 0 Å². The lowest BCUT2D eigenvalue weighted by molar-refractivity contribution is -0.142. The van der Waals surface area contributed by atoms with Crippen LogP contribution in [0, 0.1) is 5.92 Å². The predicted octanol–water partition coefficient (Wildman–Crippen LogP) is 1.61. The fourth-order valence-electron chi connectivity index (χ4n) is 2.67. The highest BCUT2D eigenvalue weighted by Crippen LogP contribution is 2.35. The highest BCUT2D eigenvalue weighted by Gasteiger charge is 2.33. The zero-order valence-electron chi connectivity index (χ0n) is 9.80. The Hall–Kier alpha value is -1.88. The van der Waals surface area contributed by atoms with Crippen LogP contribution < -0.4 is 5.32 Å². The van der Waals surface area contributed by atoms with Gasteiger partial charge in [0.05, 0.1) is 12.2 Å². The lowest BCUT2D eigenvalue weighted by Gasteiger charge is -2.28. The van der Waals surface area contributed by atoms with E-state index in [0.717, 1.165) is 29.5 Å². The van der Waals surface area contributed by atoms with Crippen molar-refractivity contribution in [3.63, 3.8) is 0 Å². The lowest BCUT2D eigenvalue weighted by atomic mass is 9.81. The molecule has 0 aliphatic carbocycles. The summed E-state index contributed by atoms with van der Waals surface area (Å²) in [5, 5.41) is 13.3. The Kier molecular flexibility index (Phi) is 2.76. The van der Waals surface area contributed by atoms with Crippen LogP contribution in [0.3, 0.4) is 0 Å². The molecular weight excluding hydrogens is 232 g/mol. The first kappa shape index (κ1) is 11.2. The standard InChI is InChI=1S/C13H14N2O3/c16-13(17)10-6-14-3-1-8(10)11-7-18-12-2-4-15-5-9(11)12/h2,4-5,7-8,10,14H,1,3,6H2,(H,16,17). The summed E-state index contributed by atoms with van der Waals surface area (Å²) in [6, 6.07) is 1.80. The number of rotatable bonds is 2. The van der Waals surface area contributed by atoms with Gasteiger partial charge < -0.3 is 14.8 Å². The van der Waals surface area contributed by atoms with Crippen molar-refractivity contribution in [2.24, 2.45) is 5.92 Å². The van der Waals surface area contributed by atoms with E-state index in [4.69, 9.17) is 4.42 Å². The van der Waals surface area contributed by atoms with E-state index < -0.39 is 11.9 Å². The van der Waals surface area contributed by atoms with E-state index in [2.05, 4.69) is 10.3 Å². The molecule has 0 spiro atoms. The molecule has 18 heavy (non-hydrogen) atoms. The van der Waals surface area contributed by atoms with Gasteiger partial charge in [-0.25, -0.2) is 0 Å². The maximum Gasteiger partial charge on any atom is 0.308 e. The molecule has 5 heteroatoms. The largest absolute Gasteiger partial charge is 0.481 e. The number of furan rings is 1. The van der Waals surface area contributed by atoms with Crippen molar-refractivity contribution in [1.29, 1.82) is 0 Å². The predicted molar refractivity (Wildman–Crippen MR) is 65.4 cm³/mol. The average Bonchev–Trinajstić information content (AvgIpc) is 2.82. The zero-order chi connectivity index (χ0) is 12.5. The summed E-state index contributed by atoms with van der Waals surface area (Å²) in [4.78, 5) is 15.4. The van der Waals surface area contributed by atoms with E-state index in [1.165, 1.54) is 0 Å². The van der Waals surface area contributed by atoms with Crippen LogP contribution in [0.15, 0.2) is 29.1 Å². The second-order valence-electron chi connectivity index (χ2n) is 4.61. The molecule has 1 fully saturated rings. The molecule has 0 amide bonds. The van der Waals surface area contributed by atoms with Gasteiger partial charge in [0.15, 0.2) is 0 Å². The first-order valence-corrected chi connectivity index (χ1v) is 6.02. The van der Waals surface area contributed by atoms with E-state index in [1.54, 1.807) is 24.7 Å². The normalized spacial score (nSPS) is 24.2. The Morgan fingerprint density at radius 1 is 1.56 bits per heavy atom. The smallest absolute Gasteiger partial charge is 0.308 e. The quantitative estimate of drug-likeness (QED) is 0.841. The SMILES string of the molecule is O=C(O)C1CNCCC1c1coc2ccncc12. The molecule has 3 rings (SSSR count). The van der Waals surface area contributed by atoms with Gasteiger partial charge in [0.1, 0.15) is 5.58 Å². The molecule has 0 bridgehead atoms. The number of carboxylic acids is 1. The number of hydrogen-bond acceptors (Lipinski definition) is 4. The van der Waals surface area contributed by atoms with Crippen LogP contribution in [0.4, 0.5) is 0 Å². The van der Waals surface area contributed by atoms with Crippen molar-refractivity contribution in [1.82, 2.24) is 10.3 Å². The van der Waals surface area contributed by atoms with Gasteiger partial charge >= 0.3 is 5.97 Å². The van der Waals surface area contributed by atoms with Gasteiger partial charge in [-0.15, -0.1) is 0 Å². The highest BCUT2D eigenvalue weighted by molar-refractivity contribution is 5.82. The lowest BCUT2D eigenvalue weighted by Crippen LogP contribution is -2.39. The van der Waals surface area contributed by atoms with Gasteiger partial charge in [-0.3, -0.25) is 9.78 Å². The number of carboxylic acid groups (broad SMARTS) is 1.